The fourth-order valence-electron chi connectivity index (χ4n) is 2.09. The second-order valence-electron chi connectivity index (χ2n) is 4.38. The molecule has 0 aliphatic rings. The third kappa shape index (κ3) is 2.92. The van der Waals surface area contributed by atoms with Crippen molar-refractivity contribution >= 4 is 11.6 Å². The lowest BCUT2D eigenvalue weighted by Crippen LogP contribution is -2.17. The van der Waals surface area contributed by atoms with Gasteiger partial charge in [0.25, 0.3) is 0 Å². The maximum atomic E-state index is 6.24. The van der Waals surface area contributed by atoms with Crippen LogP contribution in [0.15, 0.2) is 48.5 Å². The predicted octanol–water partition coefficient (Wildman–Crippen LogP) is 4.68. The molecule has 0 saturated heterocycles. The van der Waals surface area contributed by atoms with Gasteiger partial charge in [0.15, 0.2) is 0 Å². The Bertz CT molecular complexity index is 522. The first-order valence-electron chi connectivity index (χ1n) is 6.30. The Morgan fingerprint density at radius 2 is 1.89 bits per heavy atom. The van der Waals surface area contributed by atoms with Gasteiger partial charge in [0, 0.05) is 16.6 Å². The highest BCUT2D eigenvalue weighted by molar-refractivity contribution is 6.33. The first-order chi connectivity index (χ1) is 8.72. The highest BCUT2D eigenvalue weighted by Gasteiger charge is 2.07. The number of hydrogen-bond donors (Lipinski definition) is 1. The fourth-order valence-corrected chi connectivity index (χ4v) is 2.34. The minimum Gasteiger partial charge on any atom is -0.310 e. The molecule has 0 bridgehead atoms. The lowest BCUT2D eigenvalue weighted by Gasteiger charge is -2.14. The van der Waals surface area contributed by atoms with Crippen molar-refractivity contribution in [2.45, 2.75) is 19.9 Å². The van der Waals surface area contributed by atoms with Crippen LogP contribution in [0.4, 0.5) is 0 Å². The van der Waals surface area contributed by atoms with Crippen molar-refractivity contribution in [1.82, 2.24) is 5.32 Å². The molecule has 2 heteroatoms. The molecule has 2 aromatic rings. The molecule has 2 rings (SSSR count). The normalized spacial score (nSPS) is 12.4. The summed E-state index contributed by atoms with van der Waals surface area (Å²) in [5, 5.41) is 4.22. The summed E-state index contributed by atoms with van der Waals surface area (Å²) in [5.41, 5.74) is 3.54. The summed E-state index contributed by atoms with van der Waals surface area (Å²) in [6.45, 7) is 5.26. The number of hydrogen-bond acceptors (Lipinski definition) is 1. The van der Waals surface area contributed by atoms with Crippen LogP contribution in [0, 0.1) is 0 Å². The number of nitrogens with one attached hydrogen (secondary N) is 1. The monoisotopic (exact) mass is 259 g/mol. The molecule has 1 atom stereocenters. The van der Waals surface area contributed by atoms with Crippen LogP contribution in [0.3, 0.4) is 0 Å². The Morgan fingerprint density at radius 3 is 2.61 bits per heavy atom. The van der Waals surface area contributed by atoms with E-state index in [1.807, 2.05) is 18.2 Å². The van der Waals surface area contributed by atoms with E-state index in [1.165, 1.54) is 11.1 Å². The van der Waals surface area contributed by atoms with Crippen molar-refractivity contribution in [3.05, 3.63) is 59.1 Å². The minimum atomic E-state index is 0.359. The molecule has 18 heavy (non-hydrogen) atoms. The van der Waals surface area contributed by atoms with Crippen LogP contribution in [-0.4, -0.2) is 6.54 Å². The molecule has 0 aliphatic heterocycles. The van der Waals surface area contributed by atoms with Crippen molar-refractivity contribution in [3.63, 3.8) is 0 Å². The molecular formula is C16H18ClN. The zero-order chi connectivity index (χ0) is 13.0. The summed E-state index contributed by atoms with van der Waals surface area (Å²) in [6, 6.07) is 16.8. The molecule has 0 fully saturated rings. The third-order valence-corrected chi connectivity index (χ3v) is 3.41. The minimum absolute atomic E-state index is 0.359. The van der Waals surface area contributed by atoms with Gasteiger partial charge >= 0.3 is 0 Å². The molecule has 1 nitrogen and oxygen atoms in total. The van der Waals surface area contributed by atoms with Gasteiger partial charge in [0.1, 0.15) is 0 Å². The van der Waals surface area contributed by atoms with Crippen LogP contribution in [0.5, 0.6) is 0 Å². The average Bonchev–Trinajstić information content (AvgIpc) is 2.40. The lowest BCUT2D eigenvalue weighted by molar-refractivity contribution is 0.598. The van der Waals surface area contributed by atoms with Gasteiger partial charge in [0.2, 0.25) is 0 Å². The highest BCUT2D eigenvalue weighted by Crippen LogP contribution is 2.29. The zero-order valence-electron chi connectivity index (χ0n) is 10.8. The molecule has 0 saturated carbocycles. The maximum Gasteiger partial charge on any atom is 0.0484 e. The smallest absolute Gasteiger partial charge is 0.0484 e. The molecule has 0 spiro atoms. The van der Waals surface area contributed by atoms with Crippen LogP contribution in [0.1, 0.15) is 25.5 Å². The molecule has 0 heterocycles. The van der Waals surface area contributed by atoms with Gasteiger partial charge in [-0.15, -0.1) is 0 Å². The van der Waals surface area contributed by atoms with E-state index in [0.717, 1.165) is 17.1 Å². The Kier molecular flexibility index (Phi) is 4.40. The summed E-state index contributed by atoms with van der Waals surface area (Å²) in [4.78, 5) is 0. The Labute approximate surface area is 114 Å². The fraction of sp³-hybridized carbons (Fsp3) is 0.250. The van der Waals surface area contributed by atoms with Crippen LogP contribution < -0.4 is 5.32 Å². The van der Waals surface area contributed by atoms with Crippen LogP contribution >= 0.6 is 11.6 Å². The Hall–Kier alpha value is -1.31. The summed E-state index contributed by atoms with van der Waals surface area (Å²) in [5.74, 6) is 0. The molecule has 0 radical (unpaired) electrons. The zero-order valence-corrected chi connectivity index (χ0v) is 11.5. The van der Waals surface area contributed by atoms with Crippen LogP contribution in [0.25, 0.3) is 11.1 Å². The van der Waals surface area contributed by atoms with E-state index < -0.39 is 0 Å². The van der Waals surface area contributed by atoms with E-state index in [9.17, 15) is 0 Å². The summed E-state index contributed by atoms with van der Waals surface area (Å²) in [7, 11) is 0. The second kappa shape index (κ2) is 6.03. The topological polar surface area (TPSA) is 12.0 Å². The summed E-state index contributed by atoms with van der Waals surface area (Å²) >= 11 is 6.24. The molecule has 0 aliphatic carbocycles. The van der Waals surface area contributed by atoms with Gasteiger partial charge in [-0.3, -0.25) is 0 Å². The first kappa shape index (κ1) is 13.1. The largest absolute Gasteiger partial charge is 0.310 e. The number of halogens is 1. The number of rotatable bonds is 4. The average molecular weight is 260 g/mol. The van der Waals surface area contributed by atoms with Gasteiger partial charge in [-0.1, -0.05) is 54.9 Å². The van der Waals surface area contributed by atoms with E-state index in [2.05, 4.69) is 49.5 Å². The third-order valence-electron chi connectivity index (χ3n) is 3.08. The molecule has 2 aromatic carbocycles. The van der Waals surface area contributed by atoms with Gasteiger partial charge in [0.05, 0.1) is 0 Å². The van der Waals surface area contributed by atoms with E-state index in [4.69, 9.17) is 11.6 Å². The quantitative estimate of drug-likeness (QED) is 0.841. The summed E-state index contributed by atoms with van der Waals surface area (Å²) in [6.07, 6.45) is 0. The molecular weight excluding hydrogens is 242 g/mol. The van der Waals surface area contributed by atoms with Crippen molar-refractivity contribution in [3.8, 4) is 11.1 Å². The van der Waals surface area contributed by atoms with E-state index in [1.54, 1.807) is 0 Å². The Morgan fingerprint density at radius 1 is 1.11 bits per heavy atom. The molecule has 1 N–H and O–H groups in total. The van der Waals surface area contributed by atoms with Gasteiger partial charge in [-0.05, 0) is 36.7 Å². The van der Waals surface area contributed by atoms with E-state index in [0.29, 0.717) is 6.04 Å². The second-order valence-corrected chi connectivity index (χ2v) is 4.79. The molecule has 0 amide bonds. The predicted molar refractivity (Wildman–Crippen MR) is 79.0 cm³/mol. The van der Waals surface area contributed by atoms with Crippen molar-refractivity contribution in [1.29, 1.82) is 0 Å². The van der Waals surface area contributed by atoms with E-state index in [-0.39, 0.29) is 0 Å². The van der Waals surface area contributed by atoms with Gasteiger partial charge < -0.3 is 5.32 Å². The highest BCUT2D eigenvalue weighted by atomic mass is 35.5. The van der Waals surface area contributed by atoms with Gasteiger partial charge in [-0.2, -0.15) is 0 Å². The van der Waals surface area contributed by atoms with Crippen molar-refractivity contribution in [2.75, 3.05) is 6.54 Å². The van der Waals surface area contributed by atoms with Gasteiger partial charge in [-0.25, -0.2) is 0 Å². The lowest BCUT2D eigenvalue weighted by atomic mass is 10.00. The molecule has 0 aromatic heterocycles. The first-order valence-corrected chi connectivity index (χ1v) is 6.68. The van der Waals surface area contributed by atoms with Crippen molar-refractivity contribution < 1.29 is 0 Å². The molecule has 94 valence electrons. The van der Waals surface area contributed by atoms with Crippen molar-refractivity contribution in [2.24, 2.45) is 0 Å². The summed E-state index contributed by atoms with van der Waals surface area (Å²) < 4.78 is 0. The standard InChI is InChI=1S/C16H18ClN/c1-3-18-12(2)13-7-6-8-14(11-13)15-9-4-5-10-16(15)17/h4-12,18H,3H2,1-2H3. The number of benzene rings is 2. The molecule has 1 unspecified atom stereocenters. The Balaban J connectivity index is 2.36. The van der Waals surface area contributed by atoms with Crippen LogP contribution in [0.2, 0.25) is 5.02 Å². The van der Waals surface area contributed by atoms with E-state index >= 15 is 0 Å². The SMILES string of the molecule is CCNC(C)c1cccc(-c2ccccc2Cl)c1. The maximum absolute atomic E-state index is 6.24. The van der Waals surface area contributed by atoms with Crippen LogP contribution in [-0.2, 0) is 0 Å².